The van der Waals surface area contributed by atoms with Crippen molar-refractivity contribution in [3.63, 3.8) is 0 Å². The number of carbonyl (C=O) groups is 2. The number of esters is 1. The van der Waals surface area contributed by atoms with E-state index in [1.54, 1.807) is 24.4 Å². The van der Waals surface area contributed by atoms with Crippen LogP contribution in [0.1, 0.15) is 43.6 Å². The third-order valence-electron chi connectivity index (χ3n) is 4.91. The zero-order valence-electron chi connectivity index (χ0n) is 17.9. The number of anilines is 1. The second kappa shape index (κ2) is 9.19. The Kier molecular flexibility index (Phi) is 6.18. The topological polar surface area (TPSA) is 99.2 Å². The summed E-state index contributed by atoms with van der Waals surface area (Å²) in [6, 6.07) is 13.4. The van der Waals surface area contributed by atoms with E-state index in [0.29, 0.717) is 34.5 Å². The summed E-state index contributed by atoms with van der Waals surface area (Å²) in [6.07, 6.45) is 0. The van der Waals surface area contributed by atoms with E-state index in [2.05, 4.69) is 15.5 Å². The van der Waals surface area contributed by atoms with Gasteiger partial charge in [-0.2, -0.15) is 0 Å². The van der Waals surface area contributed by atoms with Crippen molar-refractivity contribution in [2.75, 3.05) is 11.9 Å². The fourth-order valence-electron chi connectivity index (χ4n) is 3.36. The van der Waals surface area contributed by atoms with Crippen molar-refractivity contribution >= 4 is 28.2 Å². The zero-order chi connectivity index (χ0) is 22.7. The van der Waals surface area contributed by atoms with Crippen LogP contribution in [0.2, 0.25) is 0 Å². The normalized spacial score (nSPS) is 10.8. The maximum atomic E-state index is 12.7. The van der Waals surface area contributed by atoms with E-state index in [1.165, 1.54) is 11.3 Å². The summed E-state index contributed by atoms with van der Waals surface area (Å²) in [6.45, 7) is 5.72. The number of thiazole rings is 1. The second-order valence-electron chi connectivity index (χ2n) is 7.29. The summed E-state index contributed by atoms with van der Waals surface area (Å²) in [5.74, 6) is 0.348. The van der Waals surface area contributed by atoms with E-state index < -0.39 is 5.97 Å². The second-order valence-corrected chi connectivity index (χ2v) is 8.15. The van der Waals surface area contributed by atoms with Crippen molar-refractivity contribution in [3.05, 3.63) is 81.8 Å². The molecule has 4 rings (SSSR count). The summed E-state index contributed by atoms with van der Waals surface area (Å²) >= 11 is 1.31. The van der Waals surface area contributed by atoms with E-state index in [9.17, 15) is 9.59 Å². The number of aromatic nitrogens is 3. The van der Waals surface area contributed by atoms with Gasteiger partial charge in [-0.3, -0.25) is 9.36 Å². The predicted molar refractivity (Wildman–Crippen MR) is 121 cm³/mol. The lowest BCUT2D eigenvalue weighted by Gasteiger charge is -2.05. The first-order valence-electron chi connectivity index (χ1n) is 9.98. The Morgan fingerprint density at radius 3 is 2.66 bits per heavy atom. The Hall–Kier alpha value is -3.72. The van der Waals surface area contributed by atoms with Crippen LogP contribution in [-0.2, 0) is 11.3 Å². The summed E-state index contributed by atoms with van der Waals surface area (Å²) in [7, 11) is 0. The summed E-state index contributed by atoms with van der Waals surface area (Å²) in [4.78, 5) is 29.3. The molecule has 3 heterocycles. The number of nitrogens with zero attached hydrogens (tertiary/aromatic N) is 3. The van der Waals surface area contributed by atoms with Crippen LogP contribution >= 0.6 is 11.3 Å². The summed E-state index contributed by atoms with van der Waals surface area (Å²) < 4.78 is 12.2. The van der Waals surface area contributed by atoms with Crippen LogP contribution in [0.15, 0.2) is 52.4 Å². The van der Waals surface area contributed by atoms with Gasteiger partial charge in [0.05, 0.1) is 0 Å². The molecule has 0 saturated heterocycles. The summed E-state index contributed by atoms with van der Waals surface area (Å²) in [5, 5.41) is 9.41. The predicted octanol–water partition coefficient (Wildman–Crippen LogP) is 4.50. The Morgan fingerprint density at radius 2 is 1.94 bits per heavy atom. The van der Waals surface area contributed by atoms with Crippen LogP contribution in [0.5, 0.6) is 0 Å². The Morgan fingerprint density at radius 1 is 1.16 bits per heavy atom. The average molecular weight is 451 g/mol. The Balaban J connectivity index is 1.36. The standard InChI is InChI=1S/C23H22N4O4S/c1-14-9-18(16(3)27(14)21-10-15(2)31-26-21)20(28)12-30-22(29)19-13-32-23(25-19)24-11-17-7-5-4-6-8-17/h4-10,13H,11-12H2,1-3H3,(H,24,25). The molecule has 0 atom stereocenters. The molecule has 0 bridgehead atoms. The molecule has 0 spiro atoms. The van der Waals surface area contributed by atoms with E-state index >= 15 is 0 Å². The van der Waals surface area contributed by atoms with E-state index in [-0.39, 0.29) is 18.1 Å². The number of ether oxygens (including phenoxy) is 1. The first-order chi connectivity index (χ1) is 15.4. The highest BCUT2D eigenvalue weighted by Gasteiger charge is 2.20. The van der Waals surface area contributed by atoms with Crippen molar-refractivity contribution in [1.29, 1.82) is 0 Å². The number of benzene rings is 1. The minimum absolute atomic E-state index is 0.168. The van der Waals surface area contributed by atoms with Gasteiger partial charge in [-0.15, -0.1) is 11.3 Å². The van der Waals surface area contributed by atoms with Gasteiger partial charge in [-0.25, -0.2) is 9.78 Å². The molecule has 32 heavy (non-hydrogen) atoms. The van der Waals surface area contributed by atoms with Crippen LogP contribution in [0, 0.1) is 20.8 Å². The molecule has 8 nitrogen and oxygen atoms in total. The number of nitrogens with one attached hydrogen (secondary N) is 1. The highest BCUT2D eigenvalue weighted by atomic mass is 32.1. The molecule has 0 radical (unpaired) electrons. The van der Waals surface area contributed by atoms with E-state index in [4.69, 9.17) is 9.26 Å². The highest BCUT2D eigenvalue weighted by molar-refractivity contribution is 7.13. The van der Waals surface area contributed by atoms with Crippen LogP contribution in [0.3, 0.4) is 0 Å². The van der Waals surface area contributed by atoms with Crippen LogP contribution < -0.4 is 5.32 Å². The molecular formula is C23H22N4O4S. The molecule has 1 aromatic carbocycles. The first-order valence-corrected chi connectivity index (χ1v) is 10.9. The number of aryl methyl sites for hydroxylation is 2. The van der Waals surface area contributed by atoms with Gasteiger partial charge >= 0.3 is 5.97 Å². The lowest BCUT2D eigenvalue weighted by atomic mass is 10.1. The molecule has 0 aliphatic heterocycles. The van der Waals surface area contributed by atoms with Gasteiger partial charge in [0.15, 0.2) is 23.3 Å². The minimum Gasteiger partial charge on any atom is -0.453 e. The number of ketones is 1. The molecular weight excluding hydrogens is 428 g/mol. The van der Waals surface area contributed by atoms with Crippen LogP contribution in [0.25, 0.3) is 5.82 Å². The minimum atomic E-state index is -0.636. The molecule has 0 unspecified atom stereocenters. The average Bonchev–Trinajstić information content (AvgIpc) is 3.50. The van der Waals surface area contributed by atoms with Gasteiger partial charge in [0.1, 0.15) is 5.76 Å². The third-order valence-corrected chi connectivity index (χ3v) is 5.71. The lowest BCUT2D eigenvalue weighted by Crippen LogP contribution is -2.15. The molecule has 0 aliphatic carbocycles. The summed E-state index contributed by atoms with van der Waals surface area (Å²) in [5.41, 5.74) is 3.29. The number of Topliss-reactive ketones (excluding diaryl/α,β-unsaturated/α-hetero) is 1. The maximum Gasteiger partial charge on any atom is 0.358 e. The number of rotatable bonds is 8. The molecule has 9 heteroatoms. The zero-order valence-corrected chi connectivity index (χ0v) is 18.7. The van der Waals surface area contributed by atoms with Gasteiger partial charge in [0.25, 0.3) is 0 Å². The molecule has 3 aromatic heterocycles. The van der Waals surface area contributed by atoms with Crippen LogP contribution in [-0.4, -0.2) is 33.1 Å². The molecule has 0 aliphatic rings. The maximum absolute atomic E-state index is 12.7. The Bertz CT molecular complexity index is 1260. The lowest BCUT2D eigenvalue weighted by molar-refractivity contribution is 0.0469. The number of hydrogen-bond donors (Lipinski definition) is 1. The molecule has 4 aromatic rings. The van der Waals surface area contributed by atoms with Crippen molar-refractivity contribution in [2.45, 2.75) is 27.3 Å². The van der Waals surface area contributed by atoms with Gasteiger partial charge in [-0.05, 0) is 32.4 Å². The van der Waals surface area contributed by atoms with Crippen molar-refractivity contribution in [1.82, 2.24) is 14.7 Å². The van der Waals surface area contributed by atoms with Crippen LogP contribution in [0.4, 0.5) is 5.13 Å². The van der Waals surface area contributed by atoms with Gasteiger partial charge in [0, 0.05) is 34.9 Å². The van der Waals surface area contributed by atoms with Crippen molar-refractivity contribution < 1.29 is 18.8 Å². The van der Waals surface area contributed by atoms with Gasteiger partial charge in [0.2, 0.25) is 5.78 Å². The van der Waals surface area contributed by atoms with Crippen molar-refractivity contribution in [3.8, 4) is 5.82 Å². The Labute approximate surface area is 188 Å². The van der Waals surface area contributed by atoms with E-state index in [0.717, 1.165) is 11.3 Å². The van der Waals surface area contributed by atoms with Gasteiger partial charge < -0.3 is 14.6 Å². The monoisotopic (exact) mass is 450 g/mol. The van der Waals surface area contributed by atoms with E-state index in [1.807, 2.05) is 48.7 Å². The largest absolute Gasteiger partial charge is 0.453 e. The third kappa shape index (κ3) is 4.62. The fraction of sp³-hybridized carbons (Fsp3) is 0.217. The SMILES string of the molecule is Cc1cc(-n2c(C)cc(C(=O)COC(=O)c3csc(NCc4ccccc4)n3)c2C)no1. The quantitative estimate of drug-likeness (QED) is 0.312. The van der Waals surface area contributed by atoms with Gasteiger partial charge in [-0.1, -0.05) is 35.5 Å². The fourth-order valence-corrected chi connectivity index (χ4v) is 4.04. The number of carbonyl (C=O) groups excluding carboxylic acids is 2. The smallest absolute Gasteiger partial charge is 0.358 e. The molecule has 0 saturated carbocycles. The first kappa shape index (κ1) is 21.5. The van der Waals surface area contributed by atoms with Crippen molar-refractivity contribution in [2.24, 2.45) is 0 Å². The molecule has 1 N–H and O–H groups in total. The highest BCUT2D eigenvalue weighted by Crippen LogP contribution is 2.22. The molecule has 0 fully saturated rings. The molecule has 0 amide bonds. The molecule has 164 valence electrons. The number of hydrogen-bond acceptors (Lipinski definition) is 8.